The lowest BCUT2D eigenvalue weighted by Crippen LogP contribution is -2.27. The summed E-state index contributed by atoms with van der Waals surface area (Å²) in [6, 6.07) is 12.7. The average Bonchev–Trinajstić information content (AvgIpc) is 2.91. The van der Waals surface area contributed by atoms with Crippen molar-refractivity contribution in [3.63, 3.8) is 0 Å². The van der Waals surface area contributed by atoms with E-state index in [-0.39, 0.29) is 0 Å². The molecule has 2 unspecified atom stereocenters. The van der Waals surface area contributed by atoms with Crippen molar-refractivity contribution in [1.29, 1.82) is 0 Å². The molecular weight excluding hydrogens is 290 g/mol. The molecule has 2 heterocycles. The summed E-state index contributed by atoms with van der Waals surface area (Å²) in [5.41, 5.74) is 1.32. The summed E-state index contributed by atoms with van der Waals surface area (Å²) in [6.45, 7) is 3.97. The number of ether oxygens (including phenoxy) is 1. The molecule has 1 aromatic carbocycles. The third kappa shape index (κ3) is 3.00. The predicted octanol–water partition coefficient (Wildman–Crippen LogP) is 4.62. The van der Waals surface area contributed by atoms with Crippen LogP contribution >= 0.6 is 22.9 Å². The summed E-state index contributed by atoms with van der Waals surface area (Å²) in [4.78, 5) is 1.29. The van der Waals surface area contributed by atoms with Crippen LogP contribution in [0.15, 0.2) is 36.4 Å². The number of halogens is 1. The van der Waals surface area contributed by atoms with Gasteiger partial charge in [-0.2, -0.15) is 0 Å². The van der Waals surface area contributed by atoms with E-state index in [4.69, 9.17) is 16.3 Å². The van der Waals surface area contributed by atoms with Gasteiger partial charge in [-0.25, -0.2) is 0 Å². The Kier molecular flexibility index (Phi) is 4.29. The van der Waals surface area contributed by atoms with Gasteiger partial charge in [-0.3, -0.25) is 0 Å². The SMILES string of the molecule is CC(NCC1CCOc2ccccc21)c1ccc(Cl)s1. The standard InChI is InChI=1S/C16H18ClNOS/c1-11(15-6-7-16(17)20-15)18-10-12-8-9-19-14-5-3-2-4-13(12)14/h2-7,11-12,18H,8-10H2,1H3. The molecule has 0 bridgehead atoms. The van der Waals surface area contributed by atoms with Crippen molar-refractivity contribution in [2.75, 3.05) is 13.2 Å². The van der Waals surface area contributed by atoms with Gasteiger partial charge in [0.2, 0.25) is 0 Å². The van der Waals surface area contributed by atoms with Crippen molar-refractivity contribution in [3.8, 4) is 5.75 Å². The first-order valence-corrected chi connectivity index (χ1v) is 8.14. The van der Waals surface area contributed by atoms with Gasteiger partial charge in [0.1, 0.15) is 5.75 Å². The van der Waals surface area contributed by atoms with Gasteiger partial charge in [-0.15, -0.1) is 11.3 Å². The first-order valence-electron chi connectivity index (χ1n) is 6.94. The van der Waals surface area contributed by atoms with Crippen LogP contribution < -0.4 is 10.1 Å². The summed E-state index contributed by atoms with van der Waals surface area (Å²) in [5.74, 6) is 1.57. The maximum Gasteiger partial charge on any atom is 0.122 e. The molecule has 0 saturated heterocycles. The maximum atomic E-state index is 5.99. The van der Waals surface area contributed by atoms with Crippen LogP contribution in [0.1, 0.15) is 35.7 Å². The van der Waals surface area contributed by atoms with Crippen LogP contribution in [0.4, 0.5) is 0 Å². The zero-order valence-corrected chi connectivity index (χ0v) is 13.0. The van der Waals surface area contributed by atoms with E-state index in [1.54, 1.807) is 11.3 Å². The molecule has 2 nitrogen and oxygen atoms in total. The summed E-state index contributed by atoms with van der Waals surface area (Å²) in [5, 5.41) is 3.62. The summed E-state index contributed by atoms with van der Waals surface area (Å²) < 4.78 is 6.56. The van der Waals surface area contributed by atoms with E-state index in [0.717, 1.165) is 29.7 Å². The fourth-order valence-corrected chi connectivity index (χ4v) is 3.70. The second kappa shape index (κ2) is 6.17. The molecule has 1 aromatic heterocycles. The number of rotatable bonds is 4. The number of thiophene rings is 1. The molecule has 2 aromatic rings. The molecule has 20 heavy (non-hydrogen) atoms. The Morgan fingerprint density at radius 3 is 3.00 bits per heavy atom. The van der Waals surface area contributed by atoms with Gasteiger partial charge in [0.05, 0.1) is 10.9 Å². The number of para-hydroxylation sites is 1. The van der Waals surface area contributed by atoms with E-state index < -0.39 is 0 Å². The fourth-order valence-electron chi connectivity index (χ4n) is 2.61. The number of hydrogen-bond donors (Lipinski definition) is 1. The van der Waals surface area contributed by atoms with E-state index in [0.29, 0.717) is 12.0 Å². The minimum atomic E-state index is 0.336. The highest BCUT2D eigenvalue weighted by Crippen LogP contribution is 2.33. The van der Waals surface area contributed by atoms with Crippen LogP contribution in [0.3, 0.4) is 0 Å². The molecule has 1 N–H and O–H groups in total. The second-order valence-corrected chi connectivity index (χ2v) is 6.89. The molecule has 1 aliphatic rings. The molecule has 0 fully saturated rings. The van der Waals surface area contributed by atoms with Gasteiger partial charge < -0.3 is 10.1 Å². The highest BCUT2D eigenvalue weighted by Gasteiger charge is 2.21. The maximum absolute atomic E-state index is 5.99. The van der Waals surface area contributed by atoms with E-state index in [1.807, 2.05) is 12.1 Å². The van der Waals surface area contributed by atoms with Crippen molar-refractivity contribution < 1.29 is 4.74 Å². The lowest BCUT2D eigenvalue weighted by molar-refractivity contribution is 0.263. The van der Waals surface area contributed by atoms with Crippen LogP contribution in [0, 0.1) is 0 Å². The highest BCUT2D eigenvalue weighted by molar-refractivity contribution is 7.16. The van der Waals surface area contributed by atoms with Gasteiger partial charge in [-0.05, 0) is 37.1 Å². The minimum absolute atomic E-state index is 0.336. The van der Waals surface area contributed by atoms with Gasteiger partial charge in [-0.1, -0.05) is 29.8 Å². The van der Waals surface area contributed by atoms with Crippen LogP contribution in [-0.4, -0.2) is 13.2 Å². The Hall–Kier alpha value is -1.03. The zero-order valence-electron chi connectivity index (χ0n) is 11.4. The Morgan fingerprint density at radius 1 is 1.35 bits per heavy atom. The third-order valence-corrected chi connectivity index (χ3v) is 5.19. The number of benzene rings is 1. The van der Waals surface area contributed by atoms with Gasteiger partial charge in [0, 0.05) is 23.4 Å². The van der Waals surface area contributed by atoms with E-state index in [2.05, 4.69) is 36.5 Å². The Morgan fingerprint density at radius 2 is 2.20 bits per heavy atom. The van der Waals surface area contributed by atoms with Crippen molar-refractivity contribution in [3.05, 3.63) is 51.2 Å². The number of fused-ring (bicyclic) bond motifs is 1. The van der Waals surface area contributed by atoms with E-state index in [1.165, 1.54) is 10.4 Å². The largest absolute Gasteiger partial charge is 0.493 e. The first kappa shape index (κ1) is 13.9. The number of nitrogens with one attached hydrogen (secondary N) is 1. The Bertz CT molecular complexity index is 583. The van der Waals surface area contributed by atoms with Crippen LogP contribution in [0.5, 0.6) is 5.75 Å². The van der Waals surface area contributed by atoms with Gasteiger partial charge in [0.15, 0.2) is 0 Å². The molecule has 2 atom stereocenters. The van der Waals surface area contributed by atoms with Crippen molar-refractivity contribution >= 4 is 22.9 Å². The zero-order chi connectivity index (χ0) is 13.9. The molecule has 3 rings (SSSR count). The molecule has 0 saturated carbocycles. The smallest absolute Gasteiger partial charge is 0.122 e. The molecule has 0 radical (unpaired) electrons. The van der Waals surface area contributed by atoms with Crippen LogP contribution in [0.25, 0.3) is 0 Å². The van der Waals surface area contributed by atoms with Crippen LogP contribution in [0.2, 0.25) is 4.34 Å². The molecular formula is C16H18ClNOS. The molecule has 0 spiro atoms. The quantitative estimate of drug-likeness (QED) is 0.890. The molecule has 0 aliphatic carbocycles. The Labute approximate surface area is 128 Å². The van der Waals surface area contributed by atoms with Crippen molar-refractivity contribution in [2.45, 2.75) is 25.3 Å². The third-order valence-electron chi connectivity index (χ3n) is 3.77. The number of hydrogen-bond acceptors (Lipinski definition) is 3. The summed E-state index contributed by atoms with van der Waals surface area (Å²) in [6.07, 6.45) is 1.07. The highest BCUT2D eigenvalue weighted by atomic mass is 35.5. The molecule has 0 amide bonds. The van der Waals surface area contributed by atoms with E-state index >= 15 is 0 Å². The van der Waals surface area contributed by atoms with Crippen LogP contribution in [-0.2, 0) is 0 Å². The predicted molar refractivity (Wildman–Crippen MR) is 85.0 cm³/mol. The molecule has 106 valence electrons. The van der Waals surface area contributed by atoms with Crippen molar-refractivity contribution in [1.82, 2.24) is 5.32 Å². The van der Waals surface area contributed by atoms with Gasteiger partial charge in [0.25, 0.3) is 0 Å². The van der Waals surface area contributed by atoms with E-state index in [9.17, 15) is 0 Å². The second-order valence-electron chi connectivity index (χ2n) is 5.14. The average molecular weight is 308 g/mol. The van der Waals surface area contributed by atoms with Gasteiger partial charge >= 0.3 is 0 Å². The van der Waals surface area contributed by atoms with Crippen molar-refractivity contribution in [2.24, 2.45) is 0 Å². The lowest BCUT2D eigenvalue weighted by Gasteiger charge is -2.27. The lowest BCUT2D eigenvalue weighted by atomic mass is 9.93. The summed E-state index contributed by atoms with van der Waals surface area (Å²) in [7, 11) is 0. The Balaban J connectivity index is 1.65. The minimum Gasteiger partial charge on any atom is -0.493 e. The molecule has 1 aliphatic heterocycles. The normalized spacial score (nSPS) is 19.2. The summed E-state index contributed by atoms with van der Waals surface area (Å²) >= 11 is 7.64. The first-order chi connectivity index (χ1) is 9.74. The molecule has 4 heteroatoms. The fraction of sp³-hybridized carbons (Fsp3) is 0.375. The topological polar surface area (TPSA) is 21.3 Å². The monoisotopic (exact) mass is 307 g/mol.